The van der Waals surface area contributed by atoms with Crippen molar-refractivity contribution < 1.29 is 9.53 Å². The Morgan fingerprint density at radius 3 is 2.86 bits per heavy atom. The molecule has 22 heavy (non-hydrogen) atoms. The van der Waals surface area contributed by atoms with E-state index in [0.29, 0.717) is 30.5 Å². The first-order valence-electron chi connectivity index (χ1n) is 7.45. The van der Waals surface area contributed by atoms with Gasteiger partial charge in [-0.3, -0.25) is 0 Å². The van der Waals surface area contributed by atoms with Gasteiger partial charge < -0.3 is 20.3 Å². The average molecular weight is 344 g/mol. The number of carbonyl (C=O) groups excluding carboxylic acids is 1. The molecule has 1 saturated heterocycles. The van der Waals surface area contributed by atoms with Crippen LogP contribution in [0.15, 0.2) is 18.2 Å². The summed E-state index contributed by atoms with van der Waals surface area (Å²) >= 11 is 8.31. The molecule has 0 spiro atoms. The van der Waals surface area contributed by atoms with Gasteiger partial charge in [0.25, 0.3) is 0 Å². The van der Waals surface area contributed by atoms with Crippen LogP contribution in [-0.2, 0) is 4.74 Å². The van der Waals surface area contributed by atoms with E-state index in [-0.39, 0.29) is 6.03 Å². The van der Waals surface area contributed by atoms with Crippen LogP contribution in [0.5, 0.6) is 0 Å². The van der Waals surface area contributed by atoms with Crippen LogP contribution in [0.2, 0.25) is 5.02 Å². The van der Waals surface area contributed by atoms with Crippen molar-refractivity contribution in [1.29, 1.82) is 0 Å². The molecule has 2 rings (SSSR count). The molecule has 2 N–H and O–H groups in total. The van der Waals surface area contributed by atoms with E-state index in [1.54, 1.807) is 6.07 Å². The SMILES string of the molecule is CCOCCNC(=O)Nc1ccc(N2CCSCC2)c(Cl)c1. The number of amides is 2. The molecule has 0 aliphatic carbocycles. The lowest BCUT2D eigenvalue weighted by Gasteiger charge is -2.29. The Kier molecular flexibility index (Phi) is 7.15. The molecule has 0 unspecified atom stereocenters. The van der Waals surface area contributed by atoms with Gasteiger partial charge in [-0.25, -0.2) is 4.79 Å². The third-order valence-electron chi connectivity index (χ3n) is 3.29. The molecule has 1 fully saturated rings. The minimum Gasteiger partial charge on any atom is -0.380 e. The predicted octanol–water partition coefficient (Wildman–Crippen LogP) is 3.05. The van der Waals surface area contributed by atoms with E-state index in [4.69, 9.17) is 16.3 Å². The second-order valence-electron chi connectivity index (χ2n) is 4.84. The minimum absolute atomic E-state index is 0.252. The first-order valence-corrected chi connectivity index (χ1v) is 8.99. The van der Waals surface area contributed by atoms with Crippen molar-refractivity contribution in [3.63, 3.8) is 0 Å². The van der Waals surface area contributed by atoms with Crippen LogP contribution < -0.4 is 15.5 Å². The van der Waals surface area contributed by atoms with Crippen molar-refractivity contribution in [3.8, 4) is 0 Å². The van der Waals surface area contributed by atoms with E-state index in [2.05, 4.69) is 15.5 Å². The molecule has 1 aromatic carbocycles. The fraction of sp³-hybridized carbons (Fsp3) is 0.533. The van der Waals surface area contributed by atoms with Gasteiger partial charge in [0.05, 0.1) is 17.3 Å². The zero-order valence-electron chi connectivity index (χ0n) is 12.7. The summed E-state index contributed by atoms with van der Waals surface area (Å²) in [5, 5.41) is 6.17. The lowest BCUT2D eigenvalue weighted by atomic mass is 10.2. The van der Waals surface area contributed by atoms with Crippen LogP contribution in [0, 0.1) is 0 Å². The van der Waals surface area contributed by atoms with Crippen LogP contribution >= 0.6 is 23.4 Å². The third-order valence-corrected chi connectivity index (χ3v) is 4.54. The second kappa shape index (κ2) is 9.12. The van der Waals surface area contributed by atoms with Gasteiger partial charge in [0.2, 0.25) is 0 Å². The van der Waals surface area contributed by atoms with Gasteiger partial charge in [-0.2, -0.15) is 11.8 Å². The normalized spacial score (nSPS) is 14.7. The molecule has 0 bridgehead atoms. The van der Waals surface area contributed by atoms with Crippen LogP contribution in [0.1, 0.15) is 6.92 Å². The van der Waals surface area contributed by atoms with Crippen molar-refractivity contribution in [2.45, 2.75) is 6.92 Å². The number of urea groups is 1. The number of carbonyl (C=O) groups is 1. The van der Waals surface area contributed by atoms with Gasteiger partial charge in [-0.05, 0) is 25.1 Å². The molecule has 1 heterocycles. The highest BCUT2D eigenvalue weighted by Crippen LogP contribution is 2.30. The Bertz CT molecular complexity index is 496. The zero-order valence-corrected chi connectivity index (χ0v) is 14.3. The highest BCUT2D eigenvalue weighted by molar-refractivity contribution is 7.99. The minimum atomic E-state index is -0.252. The summed E-state index contributed by atoms with van der Waals surface area (Å²) < 4.78 is 5.17. The van der Waals surface area contributed by atoms with Crippen LogP contribution in [-0.4, -0.2) is 50.4 Å². The van der Waals surface area contributed by atoms with Crippen LogP contribution in [0.4, 0.5) is 16.2 Å². The number of nitrogens with zero attached hydrogens (tertiary/aromatic N) is 1. The Hall–Kier alpha value is -1.11. The second-order valence-corrected chi connectivity index (χ2v) is 6.48. The van der Waals surface area contributed by atoms with E-state index < -0.39 is 0 Å². The lowest BCUT2D eigenvalue weighted by molar-refractivity contribution is 0.150. The number of anilines is 2. The molecule has 0 atom stereocenters. The van der Waals surface area contributed by atoms with Crippen molar-refractivity contribution in [3.05, 3.63) is 23.2 Å². The largest absolute Gasteiger partial charge is 0.380 e. The fourth-order valence-corrected chi connectivity index (χ4v) is 3.40. The number of ether oxygens (including phenoxy) is 1. The van der Waals surface area contributed by atoms with E-state index in [9.17, 15) is 4.79 Å². The lowest BCUT2D eigenvalue weighted by Crippen LogP contribution is -2.33. The van der Waals surface area contributed by atoms with Gasteiger partial charge in [0, 0.05) is 43.4 Å². The summed E-state index contributed by atoms with van der Waals surface area (Å²) in [5.41, 5.74) is 1.72. The maximum Gasteiger partial charge on any atom is 0.319 e. The smallest absolute Gasteiger partial charge is 0.319 e. The summed E-state index contributed by atoms with van der Waals surface area (Å²) in [4.78, 5) is 14.0. The monoisotopic (exact) mass is 343 g/mol. The first kappa shape index (κ1) is 17.2. The Labute approximate surface area is 140 Å². The number of rotatable bonds is 6. The maximum atomic E-state index is 11.7. The molecule has 122 valence electrons. The molecule has 0 saturated carbocycles. The van der Waals surface area contributed by atoms with Gasteiger partial charge in [-0.1, -0.05) is 11.6 Å². The summed E-state index contributed by atoms with van der Waals surface area (Å²) in [7, 11) is 0. The van der Waals surface area contributed by atoms with Crippen molar-refractivity contribution in [1.82, 2.24) is 5.32 Å². The average Bonchev–Trinajstić information content (AvgIpc) is 2.52. The predicted molar refractivity (Wildman–Crippen MR) is 94.5 cm³/mol. The Morgan fingerprint density at radius 2 is 2.18 bits per heavy atom. The standard InChI is InChI=1S/C15H22ClN3O2S/c1-2-21-8-5-17-15(20)18-12-3-4-14(13(16)11-12)19-6-9-22-10-7-19/h3-4,11H,2,5-10H2,1H3,(H2,17,18,20). The number of thioether (sulfide) groups is 1. The molecule has 1 aliphatic heterocycles. The van der Waals surface area contributed by atoms with E-state index in [1.807, 2.05) is 30.8 Å². The molecular formula is C15H22ClN3O2S. The fourth-order valence-electron chi connectivity index (χ4n) is 2.20. The summed E-state index contributed by atoms with van der Waals surface area (Å²) in [6, 6.07) is 5.39. The summed E-state index contributed by atoms with van der Waals surface area (Å²) in [6.45, 7) is 5.58. The molecule has 0 radical (unpaired) electrons. The van der Waals surface area contributed by atoms with Gasteiger partial charge in [0.15, 0.2) is 0 Å². The quantitative estimate of drug-likeness (QED) is 0.779. The molecule has 2 amide bonds. The summed E-state index contributed by atoms with van der Waals surface area (Å²) in [6.07, 6.45) is 0. The van der Waals surface area contributed by atoms with E-state index >= 15 is 0 Å². The third kappa shape index (κ3) is 5.26. The van der Waals surface area contributed by atoms with Crippen molar-refractivity contribution in [2.24, 2.45) is 0 Å². The van der Waals surface area contributed by atoms with Gasteiger partial charge >= 0.3 is 6.03 Å². The van der Waals surface area contributed by atoms with Crippen molar-refractivity contribution in [2.75, 3.05) is 54.6 Å². The number of hydrogen-bond donors (Lipinski definition) is 2. The molecule has 1 aromatic rings. The van der Waals surface area contributed by atoms with Crippen molar-refractivity contribution >= 4 is 40.8 Å². The number of nitrogens with one attached hydrogen (secondary N) is 2. The number of benzene rings is 1. The molecule has 1 aliphatic rings. The van der Waals surface area contributed by atoms with Crippen LogP contribution in [0.3, 0.4) is 0 Å². The Morgan fingerprint density at radius 1 is 1.41 bits per heavy atom. The first-order chi connectivity index (χ1) is 10.7. The highest BCUT2D eigenvalue weighted by atomic mass is 35.5. The molecule has 7 heteroatoms. The maximum absolute atomic E-state index is 11.7. The van der Waals surface area contributed by atoms with E-state index in [1.165, 1.54) is 0 Å². The zero-order chi connectivity index (χ0) is 15.8. The molecule has 5 nitrogen and oxygen atoms in total. The number of hydrogen-bond acceptors (Lipinski definition) is 4. The summed E-state index contributed by atoms with van der Waals surface area (Å²) in [5.74, 6) is 2.25. The highest BCUT2D eigenvalue weighted by Gasteiger charge is 2.14. The molecule has 0 aromatic heterocycles. The van der Waals surface area contributed by atoms with E-state index in [0.717, 1.165) is 30.3 Å². The molecular weight excluding hydrogens is 322 g/mol. The van der Waals surface area contributed by atoms with Gasteiger partial charge in [-0.15, -0.1) is 0 Å². The Balaban J connectivity index is 1.87. The van der Waals surface area contributed by atoms with Gasteiger partial charge in [0.1, 0.15) is 0 Å². The van der Waals surface area contributed by atoms with Crippen LogP contribution in [0.25, 0.3) is 0 Å². The topological polar surface area (TPSA) is 53.6 Å². The number of halogens is 1.